The van der Waals surface area contributed by atoms with Crippen molar-refractivity contribution in [2.45, 2.75) is 46.0 Å². The monoisotopic (exact) mass is 376 g/mol. The molecule has 18 heavy (non-hydrogen) atoms. The normalized spacial score (nSPS) is 10.9. The molecule has 0 radical (unpaired) electrons. The summed E-state index contributed by atoms with van der Waals surface area (Å²) in [7, 11) is 0. The standard InChI is InChI=1S/C14H22Br2N2/c1-11(2)7-5-3-4-6-8-17-14-13(16)9-12(15)10-18-14/h9-11H,3-8H2,1-2H3,(H,17,18). The minimum Gasteiger partial charge on any atom is -0.369 e. The van der Waals surface area contributed by atoms with Crippen LogP contribution in [0.25, 0.3) is 0 Å². The Morgan fingerprint density at radius 3 is 2.56 bits per heavy atom. The maximum atomic E-state index is 4.33. The van der Waals surface area contributed by atoms with Gasteiger partial charge >= 0.3 is 0 Å². The number of hydrogen-bond acceptors (Lipinski definition) is 2. The molecule has 4 heteroatoms. The predicted octanol–water partition coefficient (Wildman–Crippen LogP) is 5.63. The van der Waals surface area contributed by atoms with Gasteiger partial charge in [-0.25, -0.2) is 4.98 Å². The van der Waals surface area contributed by atoms with Crippen molar-refractivity contribution in [3.05, 3.63) is 21.2 Å². The van der Waals surface area contributed by atoms with Crippen LogP contribution in [0.1, 0.15) is 46.0 Å². The third-order valence-electron chi connectivity index (χ3n) is 2.81. The van der Waals surface area contributed by atoms with Crippen LogP contribution in [0.4, 0.5) is 5.82 Å². The van der Waals surface area contributed by atoms with Gasteiger partial charge in [0.1, 0.15) is 5.82 Å². The van der Waals surface area contributed by atoms with Gasteiger partial charge in [0, 0.05) is 17.2 Å². The number of hydrogen-bond donors (Lipinski definition) is 1. The summed E-state index contributed by atoms with van der Waals surface area (Å²) < 4.78 is 2.00. The van der Waals surface area contributed by atoms with E-state index >= 15 is 0 Å². The molecular formula is C14H22Br2N2. The third-order valence-corrected chi connectivity index (χ3v) is 3.85. The lowest BCUT2D eigenvalue weighted by Gasteiger charge is -2.08. The molecule has 0 fully saturated rings. The smallest absolute Gasteiger partial charge is 0.140 e. The van der Waals surface area contributed by atoms with Crippen LogP contribution >= 0.6 is 31.9 Å². The van der Waals surface area contributed by atoms with Gasteiger partial charge in [-0.15, -0.1) is 0 Å². The average Bonchev–Trinajstić information content (AvgIpc) is 2.30. The third kappa shape index (κ3) is 6.74. The predicted molar refractivity (Wildman–Crippen MR) is 86.0 cm³/mol. The van der Waals surface area contributed by atoms with Gasteiger partial charge in [-0.2, -0.15) is 0 Å². The molecule has 1 aromatic heterocycles. The lowest BCUT2D eigenvalue weighted by Crippen LogP contribution is -2.03. The molecule has 2 nitrogen and oxygen atoms in total. The number of anilines is 1. The molecule has 0 saturated heterocycles. The van der Waals surface area contributed by atoms with Crippen LogP contribution in [-0.2, 0) is 0 Å². The van der Waals surface area contributed by atoms with Crippen molar-refractivity contribution < 1.29 is 0 Å². The summed E-state index contributed by atoms with van der Waals surface area (Å²) in [6.45, 7) is 5.57. The van der Waals surface area contributed by atoms with Crippen molar-refractivity contribution in [2.24, 2.45) is 5.92 Å². The van der Waals surface area contributed by atoms with Crippen LogP contribution in [-0.4, -0.2) is 11.5 Å². The highest BCUT2D eigenvalue weighted by Gasteiger charge is 2.01. The molecule has 0 bridgehead atoms. The largest absolute Gasteiger partial charge is 0.369 e. The van der Waals surface area contributed by atoms with E-state index in [1.54, 1.807) is 0 Å². The van der Waals surface area contributed by atoms with Gasteiger partial charge in [0.25, 0.3) is 0 Å². The van der Waals surface area contributed by atoms with E-state index in [0.717, 1.165) is 27.2 Å². The SMILES string of the molecule is CC(C)CCCCCCNc1ncc(Br)cc1Br. The lowest BCUT2D eigenvalue weighted by atomic mass is 10.0. The molecule has 1 heterocycles. The van der Waals surface area contributed by atoms with E-state index in [9.17, 15) is 0 Å². The summed E-state index contributed by atoms with van der Waals surface area (Å²) in [6, 6.07) is 2.01. The topological polar surface area (TPSA) is 24.9 Å². The highest BCUT2D eigenvalue weighted by atomic mass is 79.9. The molecule has 0 aliphatic carbocycles. The first-order valence-corrected chi connectivity index (χ1v) is 8.23. The van der Waals surface area contributed by atoms with E-state index < -0.39 is 0 Å². The second-order valence-electron chi connectivity index (χ2n) is 5.01. The molecule has 0 aliphatic rings. The molecule has 0 saturated carbocycles. The lowest BCUT2D eigenvalue weighted by molar-refractivity contribution is 0.523. The fourth-order valence-corrected chi connectivity index (χ4v) is 2.91. The van der Waals surface area contributed by atoms with Gasteiger partial charge in [-0.3, -0.25) is 0 Å². The van der Waals surface area contributed by atoms with E-state index in [1.165, 1.54) is 32.1 Å². The molecule has 102 valence electrons. The molecule has 0 unspecified atom stereocenters. The molecule has 1 aromatic rings. The zero-order valence-corrected chi connectivity index (χ0v) is 14.3. The number of nitrogens with zero attached hydrogens (tertiary/aromatic N) is 1. The molecule has 0 spiro atoms. The number of halogens is 2. The number of aromatic nitrogens is 1. The molecule has 1 N–H and O–H groups in total. The van der Waals surface area contributed by atoms with Crippen molar-refractivity contribution in [2.75, 3.05) is 11.9 Å². The van der Waals surface area contributed by atoms with E-state index in [0.29, 0.717) is 0 Å². The summed E-state index contributed by atoms with van der Waals surface area (Å²) in [5.41, 5.74) is 0. The summed E-state index contributed by atoms with van der Waals surface area (Å²) >= 11 is 6.90. The minimum atomic E-state index is 0.839. The zero-order chi connectivity index (χ0) is 13.4. The van der Waals surface area contributed by atoms with Crippen LogP contribution in [0.3, 0.4) is 0 Å². The summed E-state index contributed by atoms with van der Waals surface area (Å²) in [6.07, 6.45) is 8.38. The van der Waals surface area contributed by atoms with Gasteiger partial charge in [-0.1, -0.05) is 39.5 Å². The van der Waals surface area contributed by atoms with Crippen molar-refractivity contribution >= 4 is 37.7 Å². The Bertz CT molecular complexity index is 354. The summed E-state index contributed by atoms with van der Waals surface area (Å²) in [5, 5.41) is 3.36. The van der Waals surface area contributed by atoms with Crippen LogP contribution in [0.2, 0.25) is 0 Å². The van der Waals surface area contributed by atoms with Crippen LogP contribution in [0.5, 0.6) is 0 Å². The fraction of sp³-hybridized carbons (Fsp3) is 0.643. The summed E-state index contributed by atoms with van der Waals surface area (Å²) in [4.78, 5) is 4.33. The Hall–Kier alpha value is -0.0900. The Labute approximate surface area is 127 Å². The van der Waals surface area contributed by atoms with E-state index in [-0.39, 0.29) is 0 Å². The van der Waals surface area contributed by atoms with E-state index in [1.807, 2.05) is 12.3 Å². The maximum absolute atomic E-state index is 4.33. The Morgan fingerprint density at radius 2 is 1.89 bits per heavy atom. The van der Waals surface area contributed by atoms with Crippen molar-refractivity contribution in [3.63, 3.8) is 0 Å². The van der Waals surface area contributed by atoms with Crippen LogP contribution in [0, 0.1) is 5.92 Å². The van der Waals surface area contributed by atoms with Gasteiger partial charge in [0.05, 0.1) is 4.47 Å². The number of pyridine rings is 1. The fourth-order valence-electron chi connectivity index (χ4n) is 1.78. The first-order chi connectivity index (χ1) is 8.59. The average molecular weight is 378 g/mol. The van der Waals surface area contributed by atoms with Gasteiger partial charge in [0.2, 0.25) is 0 Å². The molecule has 0 atom stereocenters. The van der Waals surface area contributed by atoms with Crippen molar-refractivity contribution in [1.82, 2.24) is 4.98 Å². The van der Waals surface area contributed by atoms with E-state index in [2.05, 4.69) is 56.0 Å². The second-order valence-corrected chi connectivity index (χ2v) is 6.78. The Balaban J connectivity index is 2.11. The number of nitrogens with one attached hydrogen (secondary N) is 1. The van der Waals surface area contributed by atoms with Crippen molar-refractivity contribution in [1.29, 1.82) is 0 Å². The Morgan fingerprint density at radius 1 is 1.17 bits per heavy atom. The quantitative estimate of drug-likeness (QED) is 0.594. The molecule has 0 aliphatic heterocycles. The van der Waals surface area contributed by atoms with Gasteiger partial charge in [-0.05, 0) is 50.3 Å². The number of rotatable bonds is 8. The highest BCUT2D eigenvalue weighted by molar-refractivity contribution is 9.11. The minimum absolute atomic E-state index is 0.839. The van der Waals surface area contributed by atoms with Crippen LogP contribution < -0.4 is 5.32 Å². The second kappa shape index (κ2) is 8.92. The molecular weight excluding hydrogens is 356 g/mol. The first kappa shape index (κ1) is 16.0. The highest BCUT2D eigenvalue weighted by Crippen LogP contribution is 2.23. The molecule has 1 rings (SSSR count). The van der Waals surface area contributed by atoms with E-state index in [4.69, 9.17) is 0 Å². The van der Waals surface area contributed by atoms with Crippen LogP contribution in [0.15, 0.2) is 21.2 Å². The summed E-state index contributed by atoms with van der Waals surface area (Å²) in [5.74, 6) is 1.77. The van der Waals surface area contributed by atoms with Gasteiger partial charge in [0.15, 0.2) is 0 Å². The first-order valence-electron chi connectivity index (χ1n) is 6.64. The van der Waals surface area contributed by atoms with Gasteiger partial charge < -0.3 is 5.32 Å². The molecule has 0 amide bonds. The van der Waals surface area contributed by atoms with Crippen molar-refractivity contribution in [3.8, 4) is 0 Å². The maximum Gasteiger partial charge on any atom is 0.140 e. The Kier molecular flexibility index (Phi) is 7.91. The zero-order valence-electron chi connectivity index (χ0n) is 11.2. The number of unbranched alkanes of at least 4 members (excludes halogenated alkanes) is 3. The molecule has 0 aromatic carbocycles.